The highest BCUT2D eigenvalue weighted by Crippen LogP contribution is 2.34. The number of rotatable bonds is 4. The minimum Gasteiger partial charge on any atom is -0.496 e. The lowest BCUT2D eigenvalue weighted by Crippen LogP contribution is -2.29. The number of hydrogen-bond donors (Lipinski definition) is 2. The first-order valence-corrected chi connectivity index (χ1v) is 6.82. The summed E-state index contributed by atoms with van der Waals surface area (Å²) in [6, 6.07) is 11.6. The number of halogens is 1. The highest BCUT2D eigenvalue weighted by atomic mass is 35.5. The third-order valence-corrected chi connectivity index (χ3v) is 3.84. The van der Waals surface area contributed by atoms with E-state index in [9.17, 15) is 0 Å². The Morgan fingerprint density at radius 2 is 1.75 bits per heavy atom. The van der Waals surface area contributed by atoms with Gasteiger partial charge in [-0.05, 0) is 42.7 Å². The van der Waals surface area contributed by atoms with E-state index in [2.05, 4.69) is 18.4 Å². The van der Waals surface area contributed by atoms with E-state index in [0.717, 1.165) is 22.4 Å². The Morgan fingerprint density at radius 1 is 1.10 bits per heavy atom. The molecule has 0 fully saturated rings. The fourth-order valence-corrected chi connectivity index (χ4v) is 2.46. The Kier molecular flexibility index (Phi) is 4.65. The molecule has 0 radical (unpaired) electrons. The summed E-state index contributed by atoms with van der Waals surface area (Å²) < 4.78 is 5.56. The molecule has 0 aliphatic rings. The molecule has 0 aromatic heterocycles. The van der Waals surface area contributed by atoms with Crippen molar-refractivity contribution < 1.29 is 4.74 Å². The quantitative estimate of drug-likeness (QED) is 0.669. The minimum absolute atomic E-state index is 0.137. The molecule has 2 aromatic rings. The predicted molar refractivity (Wildman–Crippen MR) is 83.1 cm³/mol. The molecule has 1 unspecified atom stereocenters. The summed E-state index contributed by atoms with van der Waals surface area (Å²) in [5, 5.41) is 0.705. The lowest BCUT2D eigenvalue weighted by atomic mass is 9.94. The van der Waals surface area contributed by atoms with Crippen LogP contribution in [0.2, 0.25) is 5.02 Å². The van der Waals surface area contributed by atoms with E-state index in [4.69, 9.17) is 22.2 Å². The van der Waals surface area contributed by atoms with Crippen LogP contribution < -0.4 is 16.0 Å². The van der Waals surface area contributed by atoms with E-state index >= 15 is 0 Å². The summed E-state index contributed by atoms with van der Waals surface area (Å²) >= 11 is 5.93. The second-order valence-electron chi connectivity index (χ2n) is 4.78. The molecule has 2 aromatic carbocycles. The van der Waals surface area contributed by atoms with Crippen molar-refractivity contribution in [3.63, 3.8) is 0 Å². The van der Waals surface area contributed by atoms with Crippen LogP contribution in [0.25, 0.3) is 0 Å². The average molecular weight is 291 g/mol. The van der Waals surface area contributed by atoms with E-state index in [0.29, 0.717) is 5.02 Å². The van der Waals surface area contributed by atoms with Crippen molar-refractivity contribution in [3.05, 3.63) is 63.7 Å². The molecule has 3 nitrogen and oxygen atoms in total. The Hall–Kier alpha value is -1.55. The SMILES string of the molecule is COc1c(C(NN)c2ccc(Cl)cc2)ccc(C)c1C. The summed E-state index contributed by atoms with van der Waals surface area (Å²) in [5.41, 5.74) is 7.22. The van der Waals surface area contributed by atoms with Gasteiger partial charge in [0.05, 0.1) is 13.2 Å². The molecule has 0 bridgehead atoms. The highest BCUT2D eigenvalue weighted by Gasteiger charge is 2.19. The smallest absolute Gasteiger partial charge is 0.127 e. The molecule has 0 aliphatic carbocycles. The maximum Gasteiger partial charge on any atom is 0.127 e. The lowest BCUT2D eigenvalue weighted by molar-refractivity contribution is 0.401. The van der Waals surface area contributed by atoms with E-state index < -0.39 is 0 Å². The molecule has 20 heavy (non-hydrogen) atoms. The molecule has 2 rings (SSSR count). The number of ether oxygens (including phenoxy) is 1. The zero-order valence-corrected chi connectivity index (χ0v) is 12.7. The summed E-state index contributed by atoms with van der Waals surface area (Å²) in [7, 11) is 1.68. The van der Waals surface area contributed by atoms with E-state index in [-0.39, 0.29) is 6.04 Å². The second-order valence-corrected chi connectivity index (χ2v) is 5.22. The summed E-state index contributed by atoms with van der Waals surface area (Å²) in [6.45, 7) is 4.11. The largest absolute Gasteiger partial charge is 0.496 e. The van der Waals surface area contributed by atoms with Gasteiger partial charge in [0.25, 0.3) is 0 Å². The zero-order chi connectivity index (χ0) is 14.7. The topological polar surface area (TPSA) is 47.3 Å². The molecule has 4 heteroatoms. The van der Waals surface area contributed by atoms with Crippen LogP contribution in [0.4, 0.5) is 0 Å². The number of aryl methyl sites for hydroxylation is 1. The Balaban J connectivity index is 2.52. The van der Waals surface area contributed by atoms with E-state index in [1.165, 1.54) is 5.56 Å². The predicted octanol–water partition coefficient (Wildman–Crippen LogP) is 3.52. The Bertz CT molecular complexity index is 596. The maximum atomic E-state index is 5.93. The number of hydrazine groups is 1. The van der Waals surface area contributed by atoms with Gasteiger partial charge in [0, 0.05) is 10.6 Å². The van der Waals surface area contributed by atoms with Gasteiger partial charge in [-0.1, -0.05) is 35.9 Å². The van der Waals surface area contributed by atoms with Crippen LogP contribution in [0, 0.1) is 13.8 Å². The number of methoxy groups -OCH3 is 1. The summed E-state index contributed by atoms with van der Waals surface area (Å²) in [4.78, 5) is 0. The second kappa shape index (κ2) is 6.27. The average Bonchev–Trinajstić information content (AvgIpc) is 2.45. The van der Waals surface area contributed by atoms with Crippen molar-refractivity contribution >= 4 is 11.6 Å². The first-order valence-electron chi connectivity index (χ1n) is 6.44. The maximum absolute atomic E-state index is 5.93. The van der Waals surface area contributed by atoms with Gasteiger partial charge in [0.2, 0.25) is 0 Å². The summed E-state index contributed by atoms with van der Waals surface area (Å²) in [5.74, 6) is 6.61. The Morgan fingerprint density at radius 3 is 2.30 bits per heavy atom. The van der Waals surface area contributed by atoms with Gasteiger partial charge in [-0.2, -0.15) is 0 Å². The number of nitrogens with two attached hydrogens (primary N) is 1. The van der Waals surface area contributed by atoms with Crippen LogP contribution in [0.3, 0.4) is 0 Å². The van der Waals surface area contributed by atoms with Crippen molar-refractivity contribution in [2.45, 2.75) is 19.9 Å². The molecule has 0 amide bonds. The molecule has 3 N–H and O–H groups in total. The van der Waals surface area contributed by atoms with Crippen molar-refractivity contribution in [1.29, 1.82) is 0 Å². The molecule has 0 saturated carbocycles. The monoisotopic (exact) mass is 290 g/mol. The van der Waals surface area contributed by atoms with Crippen LogP contribution in [0.1, 0.15) is 28.3 Å². The Labute approximate surface area is 124 Å². The van der Waals surface area contributed by atoms with Crippen molar-refractivity contribution in [3.8, 4) is 5.75 Å². The normalized spacial score (nSPS) is 12.2. The molecular weight excluding hydrogens is 272 g/mol. The molecule has 0 spiro atoms. The van der Waals surface area contributed by atoms with Gasteiger partial charge in [0.1, 0.15) is 5.75 Å². The van der Waals surface area contributed by atoms with Crippen LogP contribution in [0.15, 0.2) is 36.4 Å². The van der Waals surface area contributed by atoms with Crippen molar-refractivity contribution in [2.24, 2.45) is 5.84 Å². The van der Waals surface area contributed by atoms with Crippen LogP contribution in [0.5, 0.6) is 5.75 Å². The molecule has 106 valence electrons. The van der Waals surface area contributed by atoms with Crippen LogP contribution >= 0.6 is 11.6 Å². The standard InChI is InChI=1S/C16H19ClN2O/c1-10-4-9-14(16(20-3)11(10)2)15(19-18)12-5-7-13(17)8-6-12/h4-9,15,19H,18H2,1-3H3. The van der Waals surface area contributed by atoms with Gasteiger partial charge in [0.15, 0.2) is 0 Å². The van der Waals surface area contributed by atoms with Crippen LogP contribution in [-0.2, 0) is 0 Å². The van der Waals surface area contributed by atoms with Crippen molar-refractivity contribution in [1.82, 2.24) is 5.43 Å². The molecular formula is C16H19ClN2O. The van der Waals surface area contributed by atoms with E-state index in [1.807, 2.05) is 37.3 Å². The summed E-state index contributed by atoms with van der Waals surface area (Å²) in [6.07, 6.45) is 0. The first kappa shape index (κ1) is 14.9. The van der Waals surface area contributed by atoms with Gasteiger partial charge >= 0.3 is 0 Å². The van der Waals surface area contributed by atoms with E-state index in [1.54, 1.807) is 7.11 Å². The van der Waals surface area contributed by atoms with Crippen LogP contribution in [-0.4, -0.2) is 7.11 Å². The number of nitrogens with one attached hydrogen (secondary N) is 1. The number of hydrogen-bond acceptors (Lipinski definition) is 3. The molecule has 0 aliphatic heterocycles. The van der Waals surface area contributed by atoms with Gasteiger partial charge in [-0.25, -0.2) is 5.43 Å². The van der Waals surface area contributed by atoms with Crippen molar-refractivity contribution in [2.75, 3.05) is 7.11 Å². The first-order chi connectivity index (χ1) is 9.58. The number of benzene rings is 2. The molecule has 1 atom stereocenters. The fourth-order valence-electron chi connectivity index (χ4n) is 2.33. The highest BCUT2D eigenvalue weighted by molar-refractivity contribution is 6.30. The molecule has 0 heterocycles. The molecule has 0 saturated heterocycles. The fraction of sp³-hybridized carbons (Fsp3) is 0.250. The van der Waals surface area contributed by atoms with Gasteiger partial charge in [-0.15, -0.1) is 0 Å². The third-order valence-electron chi connectivity index (χ3n) is 3.59. The minimum atomic E-state index is -0.137. The van der Waals surface area contributed by atoms with Gasteiger partial charge < -0.3 is 4.74 Å². The van der Waals surface area contributed by atoms with Gasteiger partial charge in [-0.3, -0.25) is 5.84 Å². The third kappa shape index (κ3) is 2.80. The zero-order valence-electron chi connectivity index (χ0n) is 11.9. The lowest BCUT2D eigenvalue weighted by Gasteiger charge is -2.21.